The number of carbonyl (C=O) groups is 3. The van der Waals surface area contributed by atoms with Crippen LogP contribution in [-0.2, 0) is 15.7 Å². The van der Waals surface area contributed by atoms with Gasteiger partial charge in [0.05, 0.1) is 5.56 Å². The molecule has 0 spiro atoms. The van der Waals surface area contributed by atoms with Gasteiger partial charge in [-0.25, -0.2) is 4.79 Å². The molecule has 2 aromatic carbocycles. The molecule has 0 saturated heterocycles. The van der Waals surface area contributed by atoms with E-state index in [1.807, 2.05) is 0 Å². The van der Waals surface area contributed by atoms with Gasteiger partial charge in [0.15, 0.2) is 6.61 Å². The number of amides is 2. The van der Waals surface area contributed by atoms with Crippen molar-refractivity contribution < 1.29 is 36.7 Å². The number of nitrogens with two attached hydrogens (primary N) is 1. The highest BCUT2D eigenvalue weighted by Gasteiger charge is 2.30. The van der Waals surface area contributed by atoms with E-state index >= 15 is 0 Å². The normalized spacial score (nSPS) is 11.1. The van der Waals surface area contributed by atoms with Crippen LogP contribution in [0, 0.1) is 0 Å². The number of alkyl halides is 3. The summed E-state index contributed by atoms with van der Waals surface area (Å²) in [5.74, 6) is -2.46. The van der Waals surface area contributed by atoms with Crippen LogP contribution < -0.4 is 11.1 Å². The molecular weight excluding hydrogens is 417 g/mol. The number of rotatable bonds is 6. The summed E-state index contributed by atoms with van der Waals surface area (Å²) in [6, 6.07) is 12.7. The predicted octanol–water partition coefficient (Wildman–Crippen LogP) is 3.86. The molecule has 3 rings (SSSR count). The van der Waals surface area contributed by atoms with Gasteiger partial charge < -0.3 is 20.2 Å². The Kier molecular flexibility index (Phi) is 6.10. The summed E-state index contributed by atoms with van der Waals surface area (Å²) < 4.78 is 48.6. The third kappa shape index (κ3) is 5.50. The van der Waals surface area contributed by atoms with Crippen LogP contribution in [0.15, 0.2) is 65.1 Å². The van der Waals surface area contributed by atoms with Crippen molar-refractivity contribution in [2.75, 3.05) is 11.9 Å². The van der Waals surface area contributed by atoms with Crippen molar-refractivity contribution in [3.05, 3.63) is 77.6 Å². The molecule has 3 N–H and O–H groups in total. The lowest BCUT2D eigenvalue weighted by molar-refractivity contribution is -0.137. The molecule has 3 aromatic rings. The van der Waals surface area contributed by atoms with Gasteiger partial charge in [-0.3, -0.25) is 9.59 Å². The number of benzene rings is 2. The molecular formula is C21H15F3N2O5. The fraction of sp³-hybridized carbons (Fsp3) is 0.0952. The van der Waals surface area contributed by atoms with E-state index in [0.29, 0.717) is 5.69 Å². The molecule has 0 fully saturated rings. The Bertz CT molecular complexity index is 1120. The number of anilines is 1. The number of hydrogen-bond acceptors (Lipinski definition) is 5. The summed E-state index contributed by atoms with van der Waals surface area (Å²) in [5.41, 5.74) is 5.02. The van der Waals surface area contributed by atoms with Crippen LogP contribution in [0.1, 0.15) is 26.5 Å². The van der Waals surface area contributed by atoms with Crippen molar-refractivity contribution in [1.29, 1.82) is 0 Å². The summed E-state index contributed by atoms with van der Waals surface area (Å²) in [4.78, 5) is 35.0. The molecule has 160 valence electrons. The molecule has 0 aliphatic carbocycles. The fourth-order valence-corrected chi connectivity index (χ4v) is 2.57. The molecule has 2 amide bonds. The minimum Gasteiger partial charge on any atom is -0.450 e. The van der Waals surface area contributed by atoms with Crippen molar-refractivity contribution in [3.63, 3.8) is 0 Å². The Hall–Kier alpha value is -4.08. The zero-order chi connectivity index (χ0) is 22.6. The van der Waals surface area contributed by atoms with Crippen molar-refractivity contribution in [2.45, 2.75) is 6.18 Å². The molecule has 0 radical (unpaired) electrons. The number of carbonyl (C=O) groups excluding carboxylic acids is 3. The summed E-state index contributed by atoms with van der Waals surface area (Å²) in [6.45, 7) is -0.629. The third-order valence-electron chi connectivity index (χ3n) is 4.07. The van der Waals surface area contributed by atoms with Gasteiger partial charge in [0.2, 0.25) is 11.7 Å². The van der Waals surface area contributed by atoms with Crippen LogP contribution in [0.2, 0.25) is 0 Å². The molecule has 0 aliphatic heterocycles. The molecule has 0 bridgehead atoms. The molecule has 31 heavy (non-hydrogen) atoms. The van der Waals surface area contributed by atoms with Crippen LogP contribution >= 0.6 is 0 Å². The standard InChI is InChI=1S/C21H15F3N2O5/c22-21(23,24)14-3-1-2-13(10-14)16-8-9-17(31-16)20(29)30-11-18(27)26-15-6-4-12(5-7-15)19(25)28/h1-10H,11H2,(H2,25,28)(H,26,27). The van der Waals surface area contributed by atoms with E-state index in [1.54, 1.807) is 0 Å². The van der Waals surface area contributed by atoms with Crippen molar-refractivity contribution >= 4 is 23.5 Å². The minimum atomic E-state index is -4.52. The number of esters is 1. The van der Waals surface area contributed by atoms with Gasteiger partial charge in [0.1, 0.15) is 5.76 Å². The van der Waals surface area contributed by atoms with Gasteiger partial charge in [0.25, 0.3) is 5.91 Å². The Balaban J connectivity index is 1.59. The van der Waals surface area contributed by atoms with Crippen molar-refractivity contribution in [3.8, 4) is 11.3 Å². The average Bonchev–Trinajstić information content (AvgIpc) is 3.22. The first-order valence-electron chi connectivity index (χ1n) is 8.78. The first kappa shape index (κ1) is 21.6. The summed E-state index contributed by atoms with van der Waals surface area (Å²) in [7, 11) is 0. The van der Waals surface area contributed by atoms with Gasteiger partial charge >= 0.3 is 12.1 Å². The summed E-state index contributed by atoms with van der Waals surface area (Å²) in [6.07, 6.45) is -4.52. The molecule has 0 aliphatic rings. The zero-order valence-electron chi connectivity index (χ0n) is 15.7. The molecule has 1 aromatic heterocycles. The third-order valence-corrected chi connectivity index (χ3v) is 4.07. The van der Waals surface area contributed by atoms with E-state index < -0.39 is 36.1 Å². The van der Waals surface area contributed by atoms with Crippen LogP contribution in [-0.4, -0.2) is 24.4 Å². The second-order valence-corrected chi connectivity index (χ2v) is 6.31. The Morgan fingerprint density at radius 3 is 2.35 bits per heavy atom. The van der Waals surface area contributed by atoms with Gasteiger partial charge in [-0.2, -0.15) is 13.2 Å². The van der Waals surface area contributed by atoms with Crippen LogP contribution in [0.5, 0.6) is 0 Å². The number of nitrogens with one attached hydrogen (secondary N) is 1. The van der Waals surface area contributed by atoms with Gasteiger partial charge in [-0.15, -0.1) is 0 Å². The Labute approximate surface area is 173 Å². The fourth-order valence-electron chi connectivity index (χ4n) is 2.57. The number of halogens is 3. The van der Waals surface area contributed by atoms with E-state index in [2.05, 4.69) is 5.32 Å². The molecule has 0 saturated carbocycles. The van der Waals surface area contributed by atoms with Crippen LogP contribution in [0.3, 0.4) is 0 Å². The lowest BCUT2D eigenvalue weighted by Gasteiger charge is -2.07. The molecule has 7 nitrogen and oxygen atoms in total. The first-order valence-corrected chi connectivity index (χ1v) is 8.78. The summed E-state index contributed by atoms with van der Waals surface area (Å²) in [5, 5.41) is 2.46. The van der Waals surface area contributed by atoms with Crippen molar-refractivity contribution in [2.24, 2.45) is 5.73 Å². The maximum atomic E-state index is 12.8. The summed E-state index contributed by atoms with van der Waals surface area (Å²) >= 11 is 0. The van der Waals surface area contributed by atoms with Crippen LogP contribution in [0.4, 0.5) is 18.9 Å². The maximum Gasteiger partial charge on any atom is 0.416 e. The number of ether oxygens (including phenoxy) is 1. The Morgan fingerprint density at radius 1 is 1.00 bits per heavy atom. The van der Waals surface area contributed by atoms with Crippen molar-refractivity contribution in [1.82, 2.24) is 0 Å². The first-order chi connectivity index (χ1) is 14.6. The highest BCUT2D eigenvalue weighted by Crippen LogP contribution is 2.32. The number of furan rings is 1. The average molecular weight is 432 g/mol. The second kappa shape index (κ2) is 8.74. The van der Waals surface area contributed by atoms with Gasteiger partial charge in [-0.1, -0.05) is 12.1 Å². The van der Waals surface area contributed by atoms with Gasteiger partial charge in [0, 0.05) is 16.8 Å². The van der Waals surface area contributed by atoms with E-state index in [0.717, 1.165) is 12.1 Å². The SMILES string of the molecule is NC(=O)c1ccc(NC(=O)COC(=O)c2ccc(-c3cccc(C(F)(F)F)c3)o2)cc1. The molecule has 0 atom stereocenters. The zero-order valence-corrected chi connectivity index (χ0v) is 15.7. The van der Waals surface area contributed by atoms with E-state index in [9.17, 15) is 27.6 Å². The smallest absolute Gasteiger partial charge is 0.416 e. The molecule has 10 heteroatoms. The largest absolute Gasteiger partial charge is 0.450 e. The van der Waals surface area contributed by atoms with Crippen LogP contribution in [0.25, 0.3) is 11.3 Å². The molecule has 0 unspecified atom stereocenters. The second-order valence-electron chi connectivity index (χ2n) is 6.31. The van der Waals surface area contributed by atoms with E-state index in [4.69, 9.17) is 14.9 Å². The number of hydrogen-bond donors (Lipinski definition) is 2. The van der Waals surface area contributed by atoms with E-state index in [-0.39, 0.29) is 22.6 Å². The Morgan fingerprint density at radius 2 is 1.71 bits per heavy atom. The highest BCUT2D eigenvalue weighted by atomic mass is 19.4. The molecule has 1 heterocycles. The lowest BCUT2D eigenvalue weighted by atomic mass is 10.1. The monoisotopic (exact) mass is 432 g/mol. The quantitative estimate of drug-likeness (QED) is 0.575. The highest BCUT2D eigenvalue weighted by molar-refractivity contribution is 5.96. The van der Waals surface area contributed by atoms with Gasteiger partial charge in [-0.05, 0) is 48.5 Å². The maximum absolute atomic E-state index is 12.8. The topological polar surface area (TPSA) is 112 Å². The lowest BCUT2D eigenvalue weighted by Crippen LogP contribution is -2.20. The van der Waals surface area contributed by atoms with E-state index in [1.165, 1.54) is 48.5 Å². The number of primary amides is 1. The predicted molar refractivity (Wildman–Crippen MR) is 103 cm³/mol. The minimum absolute atomic E-state index is 0.0389.